The fraction of sp³-hybridized carbons (Fsp3) is 0.273. The number of rotatable bonds is 9. The van der Waals surface area contributed by atoms with Crippen LogP contribution in [0.2, 0.25) is 0 Å². The van der Waals surface area contributed by atoms with Gasteiger partial charge in [-0.3, -0.25) is 19.6 Å². The van der Waals surface area contributed by atoms with Crippen LogP contribution >= 0.6 is 0 Å². The molecular weight excluding hydrogens is 384 g/mol. The van der Waals surface area contributed by atoms with Crippen LogP contribution in [0.25, 0.3) is 0 Å². The number of non-ortho nitro benzene ring substituents is 1. The molecule has 2 aromatic carbocycles. The summed E-state index contributed by atoms with van der Waals surface area (Å²) in [6.07, 6.45) is 0.788. The van der Waals surface area contributed by atoms with Crippen molar-refractivity contribution < 1.29 is 14.5 Å². The van der Waals surface area contributed by atoms with Crippen molar-refractivity contribution in [1.29, 1.82) is 0 Å². The topological polar surface area (TPSA) is 99.3 Å². The summed E-state index contributed by atoms with van der Waals surface area (Å²) in [7, 11) is 0. The van der Waals surface area contributed by atoms with E-state index in [1.807, 2.05) is 30.7 Å². The second kappa shape index (κ2) is 9.69. The number of nitrogens with one attached hydrogen (secondary N) is 1. The molecule has 0 radical (unpaired) electrons. The number of hydrogen-bond donors (Lipinski definition) is 1. The quantitative estimate of drug-likeness (QED) is 0.330. The van der Waals surface area contributed by atoms with Gasteiger partial charge in [-0.05, 0) is 56.2 Å². The normalized spacial score (nSPS) is 10.6. The van der Waals surface area contributed by atoms with Crippen LogP contribution < -0.4 is 10.1 Å². The molecule has 3 aromatic rings. The van der Waals surface area contributed by atoms with Crippen LogP contribution in [0.4, 0.5) is 5.69 Å². The van der Waals surface area contributed by atoms with Gasteiger partial charge in [0, 0.05) is 36.5 Å². The van der Waals surface area contributed by atoms with Gasteiger partial charge in [-0.25, -0.2) is 0 Å². The minimum atomic E-state index is -0.455. The maximum atomic E-state index is 12.4. The summed E-state index contributed by atoms with van der Waals surface area (Å²) in [6.45, 7) is 5.55. The number of aryl methyl sites for hydroxylation is 3. The van der Waals surface area contributed by atoms with E-state index in [9.17, 15) is 14.9 Å². The molecule has 8 heteroatoms. The highest BCUT2D eigenvalue weighted by molar-refractivity contribution is 5.94. The van der Waals surface area contributed by atoms with Crippen LogP contribution in [0.15, 0.2) is 54.6 Å². The number of carbonyl (C=O) groups excluding carboxylic acids is 1. The lowest BCUT2D eigenvalue weighted by atomic mass is 10.1. The van der Waals surface area contributed by atoms with Crippen molar-refractivity contribution in [3.8, 4) is 5.75 Å². The first kappa shape index (κ1) is 21.0. The fourth-order valence-corrected chi connectivity index (χ4v) is 3.07. The first-order valence-electron chi connectivity index (χ1n) is 9.68. The Hall–Kier alpha value is -3.68. The molecule has 1 aromatic heterocycles. The summed E-state index contributed by atoms with van der Waals surface area (Å²) in [5, 5.41) is 18.0. The smallest absolute Gasteiger partial charge is 0.269 e. The van der Waals surface area contributed by atoms with Crippen molar-refractivity contribution in [1.82, 2.24) is 15.1 Å². The van der Waals surface area contributed by atoms with Crippen molar-refractivity contribution >= 4 is 11.6 Å². The van der Waals surface area contributed by atoms with Crippen molar-refractivity contribution in [2.24, 2.45) is 0 Å². The molecule has 8 nitrogen and oxygen atoms in total. The molecule has 156 valence electrons. The molecule has 1 heterocycles. The second-order valence-electron chi connectivity index (χ2n) is 7.00. The van der Waals surface area contributed by atoms with E-state index in [1.165, 1.54) is 12.1 Å². The number of nitro benzene ring substituents is 1. The molecule has 1 N–H and O–H groups in total. The van der Waals surface area contributed by atoms with Crippen molar-refractivity contribution in [3.05, 3.63) is 87.2 Å². The summed E-state index contributed by atoms with van der Waals surface area (Å²) in [6, 6.07) is 15.1. The Morgan fingerprint density at radius 1 is 1.17 bits per heavy atom. The summed E-state index contributed by atoms with van der Waals surface area (Å²) in [5.41, 5.74) is 3.51. The maximum Gasteiger partial charge on any atom is 0.269 e. The summed E-state index contributed by atoms with van der Waals surface area (Å²) in [5.74, 6) is 0.389. The predicted octanol–water partition coefficient (Wildman–Crippen LogP) is 3.81. The van der Waals surface area contributed by atoms with E-state index in [4.69, 9.17) is 4.74 Å². The summed E-state index contributed by atoms with van der Waals surface area (Å²) in [4.78, 5) is 22.7. The average molecular weight is 408 g/mol. The third kappa shape index (κ3) is 5.66. The lowest BCUT2D eigenvalue weighted by Gasteiger charge is -2.09. The Morgan fingerprint density at radius 3 is 2.60 bits per heavy atom. The van der Waals surface area contributed by atoms with Crippen molar-refractivity contribution in [2.75, 3.05) is 6.54 Å². The van der Waals surface area contributed by atoms with E-state index in [2.05, 4.69) is 10.4 Å². The average Bonchev–Trinajstić information content (AvgIpc) is 3.07. The Labute approximate surface area is 174 Å². The molecule has 30 heavy (non-hydrogen) atoms. The van der Waals surface area contributed by atoms with Crippen LogP contribution in [0.5, 0.6) is 5.75 Å². The Bertz CT molecular complexity index is 1030. The van der Waals surface area contributed by atoms with E-state index < -0.39 is 4.92 Å². The maximum absolute atomic E-state index is 12.4. The van der Waals surface area contributed by atoms with Crippen LogP contribution in [-0.4, -0.2) is 27.2 Å². The largest absolute Gasteiger partial charge is 0.489 e. The first-order valence-corrected chi connectivity index (χ1v) is 9.68. The number of carbonyl (C=O) groups is 1. The molecule has 3 rings (SSSR count). The van der Waals surface area contributed by atoms with Gasteiger partial charge >= 0.3 is 0 Å². The number of ether oxygens (including phenoxy) is 1. The van der Waals surface area contributed by atoms with E-state index >= 15 is 0 Å². The molecule has 0 aliphatic carbocycles. The van der Waals surface area contributed by atoms with Crippen LogP contribution in [0.1, 0.15) is 33.7 Å². The molecule has 0 saturated heterocycles. The molecule has 0 aliphatic rings. The number of aromatic nitrogens is 2. The molecule has 0 aliphatic heterocycles. The number of nitro groups is 1. The van der Waals surface area contributed by atoms with Crippen LogP contribution in [0.3, 0.4) is 0 Å². The highest BCUT2D eigenvalue weighted by Gasteiger charge is 2.08. The van der Waals surface area contributed by atoms with Gasteiger partial charge in [-0.2, -0.15) is 5.10 Å². The van der Waals surface area contributed by atoms with Crippen LogP contribution in [0, 0.1) is 24.0 Å². The molecule has 0 unspecified atom stereocenters. The number of nitrogens with zero attached hydrogens (tertiary/aromatic N) is 3. The van der Waals surface area contributed by atoms with Crippen molar-refractivity contribution in [2.45, 2.75) is 33.4 Å². The van der Waals surface area contributed by atoms with E-state index in [-0.39, 0.29) is 18.2 Å². The van der Waals surface area contributed by atoms with E-state index in [0.29, 0.717) is 17.9 Å². The lowest BCUT2D eigenvalue weighted by molar-refractivity contribution is -0.384. The first-order chi connectivity index (χ1) is 14.4. The third-order valence-corrected chi connectivity index (χ3v) is 4.58. The molecular formula is C22H24N4O4. The molecule has 0 bridgehead atoms. The van der Waals surface area contributed by atoms with Crippen LogP contribution in [-0.2, 0) is 13.2 Å². The molecule has 0 fully saturated rings. The standard InChI is InChI=1S/C22H24N4O4/c1-16-13-17(2)25(24-16)12-4-11-23-22(27)19-6-3-5-18(14-19)15-30-21-9-7-20(8-10-21)26(28)29/h3,5-10,13-14H,4,11-12,15H2,1-2H3,(H,23,27). The van der Waals surface area contributed by atoms with Gasteiger partial charge in [-0.1, -0.05) is 12.1 Å². The Morgan fingerprint density at radius 2 is 1.93 bits per heavy atom. The monoisotopic (exact) mass is 408 g/mol. The zero-order valence-electron chi connectivity index (χ0n) is 17.0. The number of hydrogen-bond acceptors (Lipinski definition) is 5. The lowest BCUT2D eigenvalue weighted by Crippen LogP contribution is -2.25. The minimum absolute atomic E-state index is 0.0128. The highest BCUT2D eigenvalue weighted by atomic mass is 16.6. The van der Waals surface area contributed by atoms with E-state index in [1.54, 1.807) is 30.3 Å². The van der Waals surface area contributed by atoms with Gasteiger partial charge in [0.25, 0.3) is 11.6 Å². The molecule has 0 atom stereocenters. The third-order valence-electron chi connectivity index (χ3n) is 4.58. The van der Waals surface area contributed by atoms with Gasteiger partial charge in [0.2, 0.25) is 0 Å². The summed E-state index contributed by atoms with van der Waals surface area (Å²) >= 11 is 0. The second-order valence-corrected chi connectivity index (χ2v) is 7.00. The van der Waals surface area contributed by atoms with Gasteiger partial charge in [0.15, 0.2) is 0 Å². The van der Waals surface area contributed by atoms with Gasteiger partial charge < -0.3 is 10.1 Å². The Kier molecular flexibility index (Phi) is 6.79. The van der Waals surface area contributed by atoms with Gasteiger partial charge in [0.1, 0.15) is 12.4 Å². The molecule has 0 spiro atoms. The van der Waals surface area contributed by atoms with Gasteiger partial charge in [-0.15, -0.1) is 0 Å². The summed E-state index contributed by atoms with van der Waals surface area (Å²) < 4.78 is 7.60. The van der Waals surface area contributed by atoms with Crippen molar-refractivity contribution in [3.63, 3.8) is 0 Å². The Balaban J connectivity index is 1.48. The van der Waals surface area contributed by atoms with Gasteiger partial charge in [0.05, 0.1) is 10.6 Å². The highest BCUT2D eigenvalue weighted by Crippen LogP contribution is 2.18. The predicted molar refractivity (Wildman–Crippen MR) is 113 cm³/mol. The SMILES string of the molecule is Cc1cc(C)n(CCCNC(=O)c2cccc(COc3ccc([N+](=O)[O-])cc3)c2)n1. The minimum Gasteiger partial charge on any atom is -0.489 e. The number of benzene rings is 2. The fourth-order valence-electron chi connectivity index (χ4n) is 3.07. The number of amides is 1. The molecule has 1 amide bonds. The zero-order valence-corrected chi connectivity index (χ0v) is 17.0. The van der Waals surface area contributed by atoms with E-state index in [0.717, 1.165) is 29.9 Å². The zero-order chi connectivity index (χ0) is 21.5. The molecule has 0 saturated carbocycles.